The van der Waals surface area contributed by atoms with E-state index in [0.29, 0.717) is 10.8 Å². The van der Waals surface area contributed by atoms with Crippen LogP contribution >= 0.6 is 11.6 Å². The van der Waals surface area contributed by atoms with Crippen LogP contribution in [0.15, 0.2) is 12.1 Å². The van der Waals surface area contributed by atoms with Crippen LogP contribution in [0.5, 0.6) is 0 Å². The molecule has 0 saturated carbocycles. The predicted molar refractivity (Wildman–Crippen MR) is 58.2 cm³/mol. The molecule has 2 heterocycles. The summed E-state index contributed by atoms with van der Waals surface area (Å²) in [6.07, 6.45) is 2.56. The summed E-state index contributed by atoms with van der Waals surface area (Å²) < 4.78 is 0. The second kappa shape index (κ2) is 4.15. The Morgan fingerprint density at radius 3 is 2.79 bits per heavy atom. The fourth-order valence-electron chi connectivity index (χ4n) is 1.76. The van der Waals surface area contributed by atoms with Crippen molar-refractivity contribution >= 4 is 17.4 Å². The Balaban J connectivity index is 2.10. The zero-order valence-electron chi connectivity index (χ0n) is 8.04. The SMILES string of the molecule is Nc1ccc(Cl)c(CN2CCCC2)n1. The van der Waals surface area contributed by atoms with Crippen LogP contribution < -0.4 is 5.73 Å². The van der Waals surface area contributed by atoms with Gasteiger partial charge in [-0.2, -0.15) is 0 Å². The second-order valence-corrected chi connectivity index (χ2v) is 4.06. The Labute approximate surface area is 88.9 Å². The maximum atomic E-state index is 6.03. The number of aromatic nitrogens is 1. The van der Waals surface area contributed by atoms with Crippen LogP contribution in [0.2, 0.25) is 5.02 Å². The number of nitrogen functional groups attached to an aromatic ring is 1. The lowest BCUT2D eigenvalue weighted by Crippen LogP contribution is -2.19. The third-order valence-electron chi connectivity index (χ3n) is 2.51. The largest absolute Gasteiger partial charge is 0.384 e. The molecule has 3 nitrogen and oxygen atoms in total. The maximum absolute atomic E-state index is 6.03. The molecular formula is C10H14ClN3. The number of nitrogens with zero attached hydrogens (tertiary/aromatic N) is 2. The highest BCUT2D eigenvalue weighted by Crippen LogP contribution is 2.19. The van der Waals surface area contributed by atoms with E-state index in [0.717, 1.165) is 25.3 Å². The van der Waals surface area contributed by atoms with Crippen molar-refractivity contribution in [2.75, 3.05) is 18.8 Å². The normalized spacial score (nSPS) is 17.5. The molecule has 0 amide bonds. The van der Waals surface area contributed by atoms with Crippen molar-refractivity contribution in [1.29, 1.82) is 0 Å². The number of likely N-dealkylation sites (tertiary alicyclic amines) is 1. The van der Waals surface area contributed by atoms with Crippen LogP contribution in [-0.2, 0) is 6.54 Å². The van der Waals surface area contributed by atoms with Gasteiger partial charge in [-0.25, -0.2) is 4.98 Å². The first kappa shape index (κ1) is 9.74. The molecule has 76 valence electrons. The third kappa shape index (κ3) is 2.16. The molecule has 1 aliphatic heterocycles. The minimum Gasteiger partial charge on any atom is -0.384 e. The number of nitrogens with two attached hydrogens (primary N) is 1. The van der Waals surface area contributed by atoms with Gasteiger partial charge in [-0.3, -0.25) is 4.90 Å². The number of pyridine rings is 1. The number of hydrogen-bond donors (Lipinski definition) is 1. The Hall–Kier alpha value is -0.800. The van der Waals surface area contributed by atoms with E-state index in [1.54, 1.807) is 6.07 Å². The first-order valence-electron chi connectivity index (χ1n) is 4.89. The average molecular weight is 212 g/mol. The van der Waals surface area contributed by atoms with E-state index in [4.69, 9.17) is 17.3 Å². The van der Waals surface area contributed by atoms with Gasteiger partial charge in [0.1, 0.15) is 5.82 Å². The van der Waals surface area contributed by atoms with E-state index in [1.165, 1.54) is 12.8 Å². The molecule has 2 N–H and O–H groups in total. The van der Waals surface area contributed by atoms with Gasteiger partial charge in [0, 0.05) is 6.54 Å². The minimum atomic E-state index is 0.545. The molecule has 1 aromatic rings. The number of anilines is 1. The smallest absolute Gasteiger partial charge is 0.123 e. The van der Waals surface area contributed by atoms with Crippen LogP contribution in [0.3, 0.4) is 0 Å². The van der Waals surface area contributed by atoms with Gasteiger partial charge in [0.05, 0.1) is 10.7 Å². The Morgan fingerprint density at radius 1 is 1.36 bits per heavy atom. The zero-order valence-corrected chi connectivity index (χ0v) is 8.80. The van der Waals surface area contributed by atoms with Gasteiger partial charge >= 0.3 is 0 Å². The van der Waals surface area contributed by atoms with Crippen molar-refractivity contribution in [3.8, 4) is 0 Å². The summed E-state index contributed by atoms with van der Waals surface area (Å²) in [4.78, 5) is 6.60. The highest BCUT2D eigenvalue weighted by molar-refractivity contribution is 6.31. The van der Waals surface area contributed by atoms with Crippen LogP contribution in [0.4, 0.5) is 5.82 Å². The molecule has 1 fully saturated rings. The first-order chi connectivity index (χ1) is 6.75. The molecule has 0 aromatic carbocycles. The van der Waals surface area contributed by atoms with Gasteiger partial charge in [0.25, 0.3) is 0 Å². The van der Waals surface area contributed by atoms with Crippen LogP contribution in [0.25, 0.3) is 0 Å². The lowest BCUT2D eigenvalue weighted by atomic mass is 10.3. The Kier molecular flexibility index (Phi) is 2.89. The summed E-state index contributed by atoms with van der Waals surface area (Å²) in [5.41, 5.74) is 6.51. The molecule has 2 rings (SSSR count). The van der Waals surface area contributed by atoms with Gasteiger partial charge in [0.2, 0.25) is 0 Å². The summed E-state index contributed by atoms with van der Waals surface area (Å²) in [7, 11) is 0. The summed E-state index contributed by atoms with van der Waals surface area (Å²) >= 11 is 6.03. The molecule has 1 aromatic heterocycles. The Morgan fingerprint density at radius 2 is 2.07 bits per heavy atom. The number of hydrogen-bond acceptors (Lipinski definition) is 3. The van der Waals surface area contributed by atoms with Crippen molar-refractivity contribution in [2.24, 2.45) is 0 Å². The number of rotatable bonds is 2. The van der Waals surface area contributed by atoms with Crippen LogP contribution in [0, 0.1) is 0 Å². The van der Waals surface area contributed by atoms with Gasteiger partial charge in [0.15, 0.2) is 0 Å². The van der Waals surface area contributed by atoms with Crippen molar-refractivity contribution in [2.45, 2.75) is 19.4 Å². The molecule has 0 spiro atoms. The maximum Gasteiger partial charge on any atom is 0.123 e. The summed E-state index contributed by atoms with van der Waals surface area (Å²) in [5.74, 6) is 0.545. The molecule has 0 radical (unpaired) electrons. The minimum absolute atomic E-state index is 0.545. The lowest BCUT2D eigenvalue weighted by Gasteiger charge is -2.14. The quantitative estimate of drug-likeness (QED) is 0.813. The topological polar surface area (TPSA) is 42.1 Å². The molecular weight excluding hydrogens is 198 g/mol. The standard InChI is InChI=1S/C10H14ClN3/c11-8-3-4-10(12)13-9(8)7-14-5-1-2-6-14/h3-4H,1-2,5-7H2,(H2,12,13). The predicted octanol–water partition coefficient (Wildman–Crippen LogP) is 1.91. The highest BCUT2D eigenvalue weighted by atomic mass is 35.5. The number of halogens is 1. The zero-order chi connectivity index (χ0) is 9.97. The van der Waals surface area contributed by atoms with E-state index in [2.05, 4.69) is 9.88 Å². The monoisotopic (exact) mass is 211 g/mol. The summed E-state index contributed by atoms with van der Waals surface area (Å²) in [6.45, 7) is 3.11. The summed E-state index contributed by atoms with van der Waals surface area (Å²) in [6, 6.07) is 3.55. The highest BCUT2D eigenvalue weighted by Gasteiger charge is 2.14. The van der Waals surface area contributed by atoms with Gasteiger partial charge in [-0.1, -0.05) is 11.6 Å². The lowest BCUT2D eigenvalue weighted by molar-refractivity contribution is 0.327. The van der Waals surface area contributed by atoms with E-state index in [-0.39, 0.29) is 0 Å². The molecule has 14 heavy (non-hydrogen) atoms. The molecule has 1 aliphatic rings. The van der Waals surface area contributed by atoms with E-state index >= 15 is 0 Å². The summed E-state index contributed by atoms with van der Waals surface area (Å²) in [5, 5.41) is 0.714. The van der Waals surface area contributed by atoms with Crippen LogP contribution in [-0.4, -0.2) is 23.0 Å². The Bertz CT molecular complexity index is 321. The van der Waals surface area contributed by atoms with E-state index in [9.17, 15) is 0 Å². The molecule has 0 unspecified atom stereocenters. The first-order valence-corrected chi connectivity index (χ1v) is 5.27. The van der Waals surface area contributed by atoms with Crippen LogP contribution in [0.1, 0.15) is 18.5 Å². The average Bonchev–Trinajstić information content (AvgIpc) is 2.64. The van der Waals surface area contributed by atoms with E-state index < -0.39 is 0 Å². The molecule has 0 atom stereocenters. The van der Waals surface area contributed by atoms with Crippen molar-refractivity contribution in [3.05, 3.63) is 22.8 Å². The fraction of sp³-hybridized carbons (Fsp3) is 0.500. The third-order valence-corrected chi connectivity index (χ3v) is 2.86. The van der Waals surface area contributed by atoms with Crippen molar-refractivity contribution < 1.29 is 0 Å². The van der Waals surface area contributed by atoms with E-state index in [1.807, 2.05) is 6.07 Å². The van der Waals surface area contributed by atoms with Gasteiger partial charge in [-0.05, 0) is 38.1 Å². The van der Waals surface area contributed by atoms with Gasteiger partial charge in [-0.15, -0.1) is 0 Å². The van der Waals surface area contributed by atoms with Gasteiger partial charge < -0.3 is 5.73 Å². The fourth-order valence-corrected chi connectivity index (χ4v) is 1.93. The van der Waals surface area contributed by atoms with Crippen molar-refractivity contribution in [1.82, 2.24) is 9.88 Å². The van der Waals surface area contributed by atoms with Crippen molar-refractivity contribution in [3.63, 3.8) is 0 Å². The molecule has 0 aliphatic carbocycles. The molecule has 4 heteroatoms. The molecule has 1 saturated heterocycles. The second-order valence-electron chi connectivity index (χ2n) is 3.65. The molecule has 0 bridgehead atoms.